The van der Waals surface area contributed by atoms with Crippen LogP contribution in [0.5, 0.6) is 0 Å². The van der Waals surface area contributed by atoms with Crippen molar-refractivity contribution in [2.75, 3.05) is 25.1 Å². The van der Waals surface area contributed by atoms with E-state index in [1.807, 2.05) is 37.4 Å². The first-order chi connectivity index (χ1) is 9.60. The summed E-state index contributed by atoms with van der Waals surface area (Å²) in [4.78, 5) is 18.1. The highest BCUT2D eigenvalue weighted by Gasteiger charge is 2.26. The monoisotopic (exact) mass is 268 g/mol. The van der Waals surface area contributed by atoms with Gasteiger partial charge in [0.25, 0.3) is 5.91 Å². The number of nitrogens with two attached hydrogens (primary N) is 1. The molecule has 1 amide bonds. The van der Waals surface area contributed by atoms with Crippen LogP contribution in [0.4, 0.5) is 11.4 Å². The van der Waals surface area contributed by atoms with Gasteiger partial charge in [-0.1, -0.05) is 12.1 Å². The molecule has 5 nitrogen and oxygen atoms in total. The van der Waals surface area contributed by atoms with Gasteiger partial charge in [0.15, 0.2) is 0 Å². The van der Waals surface area contributed by atoms with E-state index in [0.717, 1.165) is 22.5 Å². The molecule has 5 heteroatoms. The van der Waals surface area contributed by atoms with Crippen LogP contribution < -0.4 is 11.1 Å². The van der Waals surface area contributed by atoms with Crippen molar-refractivity contribution >= 4 is 17.3 Å². The highest BCUT2D eigenvalue weighted by molar-refractivity contribution is 5.96. The smallest absolute Gasteiger partial charge is 0.272 e. The van der Waals surface area contributed by atoms with Crippen molar-refractivity contribution < 1.29 is 4.79 Å². The summed E-state index contributed by atoms with van der Waals surface area (Å²) in [5, 5.41) is 3.02. The molecular weight excluding hydrogens is 252 g/mol. The zero-order chi connectivity index (χ0) is 14.3. The Morgan fingerprint density at radius 1 is 1.30 bits per heavy atom. The van der Waals surface area contributed by atoms with Crippen LogP contribution in [0.15, 0.2) is 30.3 Å². The predicted octanol–water partition coefficient (Wildman–Crippen LogP) is 1.96. The molecule has 0 spiro atoms. The van der Waals surface area contributed by atoms with Crippen LogP contribution in [-0.4, -0.2) is 29.9 Å². The Bertz CT molecular complexity index is 696. The van der Waals surface area contributed by atoms with Gasteiger partial charge in [0.2, 0.25) is 0 Å². The van der Waals surface area contributed by atoms with E-state index in [1.54, 1.807) is 11.9 Å². The van der Waals surface area contributed by atoms with Crippen molar-refractivity contribution in [1.29, 1.82) is 0 Å². The van der Waals surface area contributed by atoms with E-state index in [9.17, 15) is 4.79 Å². The molecule has 2 aromatic rings. The second kappa shape index (κ2) is 4.52. The first kappa shape index (κ1) is 12.5. The van der Waals surface area contributed by atoms with E-state index in [1.165, 1.54) is 0 Å². The second-order valence-electron chi connectivity index (χ2n) is 4.92. The molecule has 1 aromatic carbocycles. The molecule has 1 aliphatic rings. The molecule has 1 aromatic heterocycles. The number of amides is 1. The summed E-state index contributed by atoms with van der Waals surface area (Å²) in [5.74, 6) is -0.0262. The summed E-state index contributed by atoms with van der Waals surface area (Å²) in [5.41, 5.74) is 10.7. The van der Waals surface area contributed by atoms with Crippen LogP contribution in [0.1, 0.15) is 16.1 Å². The van der Waals surface area contributed by atoms with Gasteiger partial charge in [0.1, 0.15) is 5.69 Å². The van der Waals surface area contributed by atoms with Gasteiger partial charge in [-0.3, -0.25) is 4.79 Å². The number of carbonyl (C=O) groups excluding carboxylic acids is 1. The molecule has 0 saturated heterocycles. The molecule has 0 unspecified atom stereocenters. The van der Waals surface area contributed by atoms with Gasteiger partial charge in [-0.2, -0.15) is 0 Å². The molecule has 0 atom stereocenters. The summed E-state index contributed by atoms with van der Waals surface area (Å²) >= 11 is 0. The van der Waals surface area contributed by atoms with Gasteiger partial charge in [-0.25, -0.2) is 4.98 Å². The number of pyridine rings is 1. The lowest BCUT2D eigenvalue weighted by Crippen LogP contribution is -2.18. The van der Waals surface area contributed by atoms with Gasteiger partial charge in [-0.15, -0.1) is 0 Å². The summed E-state index contributed by atoms with van der Waals surface area (Å²) in [7, 11) is 3.61. The molecule has 0 fully saturated rings. The highest BCUT2D eigenvalue weighted by Crippen LogP contribution is 2.28. The van der Waals surface area contributed by atoms with Crippen LogP contribution >= 0.6 is 0 Å². The van der Waals surface area contributed by atoms with Gasteiger partial charge in [0.05, 0.1) is 17.1 Å². The molecule has 1 aliphatic heterocycles. The molecular formula is C15H16N4O. The van der Waals surface area contributed by atoms with Crippen molar-refractivity contribution in [2.24, 2.45) is 0 Å². The Labute approximate surface area is 117 Å². The summed E-state index contributed by atoms with van der Waals surface area (Å²) in [6, 6.07) is 9.61. The average Bonchev–Trinajstić information content (AvgIpc) is 2.74. The number of carbonyl (C=O) groups is 1. The largest absolute Gasteiger partial charge is 0.397 e. The van der Waals surface area contributed by atoms with Gasteiger partial charge >= 0.3 is 0 Å². The van der Waals surface area contributed by atoms with E-state index in [-0.39, 0.29) is 5.91 Å². The molecule has 20 heavy (non-hydrogen) atoms. The summed E-state index contributed by atoms with van der Waals surface area (Å²) in [6.07, 6.45) is 0. The fraction of sp³-hybridized carbons (Fsp3) is 0.200. The van der Waals surface area contributed by atoms with E-state index < -0.39 is 0 Å². The Morgan fingerprint density at radius 3 is 2.80 bits per heavy atom. The Kier molecular flexibility index (Phi) is 2.82. The van der Waals surface area contributed by atoms with Crippen molar-refractivity contribution in [3.8, 4) is 11.3 Å². The number of benzene rings is 1. The number of nitrogen functional groups attached to an aromatic ring is 1. The lowest BCUT2D eigenvalue weighted by Gasteiger charge is -2.08. The lowest BCUT2D eigenvalue weighted by atomic mass is 10.1. The second-order valence-corrected chi connectivity index (χ2v) is 4.92. The van der Waals surface area contributed by atoms with Crippen molar-refractivity contribution in [2.45, 2.75) is 6.54 Å². The Balaban J connectivity index is 2.04. The zero-order valence-corrected chi connectivity index (χ0v) is 11.5. The third-order valence-electron chi connectivity index (χ3n) is 3.55. The van der Waals surface area contributed by atoms with Crippen LogP contribution in [0.2, 0.25) is 0 Å². The normalized spacial score (nSPS) is 13.5. The third kappa shape index (κ3) is 1.87. The molecule has 102 valence electrons. The minimum Gasteiger partial charge on any atom is -0.397 e. The maximum absolute atomic E-state index is 12.0. The van der Waals surface area contributed by atoms with Crippen LogP contribution in [0.25, 0.3) is 11.3 Å². The fourth-order valence-electron chi connectivity index (χ4n) is 2.42. The number of hydrogen-bond donors (Lipinski definition) is 2. The van der Waals surface area contributed by atoms with Crippen LogP contribution in [-0.2, 0) is 6.54 Å². The number of fused-ring (bicyclic) bond motifs is 1. The number of anilines is 2. The SMILES string of the molecule is CNc1ccc(-c2ccc3c(n2)C(=O)N(C)C3)cc1N. The zero-order valence-electron chi connectivity index (χ0n) is 11.5. The number of nitrogens with one attached hydrogen (secondary N) is 1. The third-order valence-corrected chi connectivity index (χ3v) is 3.55. The molecule has 3 N–H and O–H groups in total. The topological polar surface area (TPSA) is 71.2 Å². The molecule has 0 saturated carbocycles. The minimum absolute atomic E-state index is 0.0262. The van der Waals surface area contributed by atoms with Crippen LogP contribution in [0.3, 0.4) is 0 Å². The van der Waals surface area contributed by atoms with Crippen molar-refractivity contribution in [1.82, 2.24) is 9.88 Å². The quantitative estimate of drug-likeness (QED) is 0.817. The maximum Gasteiger partial charge on any atom is 0.272 e. The fourth-order valence-corrected chi connectivity index (χ4v) is 2.42. The number of aromatic nitrogens is 1. The molecule has 0 bridgehead atoms. The standard InChI is InChI=1S/C15H16N4O/c1-17-13-6-3-9(7-11(13)16)12-5-4-10-8-19(2)15(20)14(10)18-12/h3-7,17H,8,16H2,1-2H3. The van der Waals surface area contributed by atoms with Crippen LogP contribution in [0, 0.1) is 0 Å². The first-order valence-corrected chi connectivity index (χ1v) is 6.43. The van der Waals surface area contributed by atoms with E-state index in [4.69, 9.17) is 5.73 Å². The number of nitrogens with zero attached hydrogens (tertiary/aromatic N) is 2. The van der Waals surface area contributed by atoms with Gasteiger partial charge < -0.3 is 16.0 Å². The van der Waals surface area contributed by atoms with Gasteiger partial charge in [-0.05, 0) is 18.2 Å². The highest BCUT2D eigenvalue weighted by atomic mass is 16.2. The first-order valence-electron chi connectivity index (χ1n) is 6.43. The predicted molar refractivity (Wildman–Crippen MR) is 79.4 cm³/mol. The number of rotatable bonds is 2. The van der Waals surface area contributed by atoms with E-state index in [0.29, 0.717) is 17.9 Å². The van der Waals surface area contributed by atoms with Crippen molar-refractivity contribution in [3.05, 3.63) is 41.6 Å². The van der Waals surface area contributed by atoms with Gasteiger partial charge in [0, 0.05) is 31.8 Å². The number of hydrogen-bond acceptors (Lipinski definition) is 4. The molecule has 3 rings (SSSR count). The minimum atomic E-state index is -0.0262. The summed E-state index contributed by atoms with van der Waals surface area (Å²) < 4.78 is 0. The molecule has 2 heterocycles. The average molecular weight is 268 g/mol. The van der Waals surface area contributed by atoms with Crippen molar-refractivity contribution in [3.63, 3.8) is 0 Å². The van der Waals surface area contributed by atoms with E-state index >= 15 is 0 Å². The molecule has 0 aliphatic carbocycles. The Morgan fingerprint density at radius 2 is 2.10 bits per heavy atom. The maximum atomic E-state index is 12.0. The molecule has 0 radical (unpaired) electrons. The van der Waals surface area contributed by atoms with E-state index in [2.05, 4.69) is 10.3 Å². The summed E-state index contributed by atoms with van der Waals surface area (Å²) in [6.45, 7) is 0.627. The lowest BCUT2D eigenvalue weighted by molar-refractivity contribution is 0.0812. The Hall–Kier alpha value is -2.56.